The summed E-state index contributed by atoms with van der Waals surface area (Å²) in [6.45, 7) is 6.42. The quantitative estimate of drug-likeness (QED) is 0.458. The molecule has 11 heteroatoms. The minimum absolute atomic E-state index is 0.180. The lowest BCUT2D eigenvalue weighted by atomic mass is 10.1. The first-order chi connectivity index (χ1) is 16.2. The van der Waals surface area contributed by atoms with Gasteiger partial charge >= 0.3 is 6.09 Å². The molecular formula is C23H26N6O5. The zero-order valence-electron chi connectivity index (χ0n) is 19.5. The van der Waals surface area contributed by atoms with E-state index in [1.165, 1.54) is 29.3 Å². The van der Waals surface area contributed by atoms with Gasteiger partial charge in [0.15, 0.2) is 0 Å². The van der Waals surface area contributed by atoms with E-state index >= 15 is 0 Å². The zero-order chi connectivity index (χ0) is 24.5. The molecule has 1 aliphatic heterocycles. The van der Waals surface area contributed by atoms with E-state index in [9.17, 15) is 14.4 Å². The van der Waals surface area contributed by atoms with Gasteiger partial charge in [-0.3, -0.25) is 19.6 Å². The third kappa shape index (κ3) is 4.54. The van der Waals surface area contributed by atoms with Crippen molar-refractivity contribution in [1.82, 2.24) is 29.7 Å². The number of aromatic amines is 1. The molecule has 34 heavy (non-hydrogen) atoms. The van der Waals surface area contributed by atoms with Gasteiger partial charge in [-0.15, -0.1) is 0 Å². The normalized spacial score (nSPS) is 14.2. The summed E-state index contributed by atoms with van der Waals surface area (Å²) in [6, 6.07) is 0. The maximum Gasteiger partial charge on any atom is 0.410 e. The molecule has 4 heterocycles. The monoisotopic (exact) mass is 466 g/mol. The van der Waals surface area contributed by atoms with Gasteiger partial charge in [-0.05, 0) is 20.8 Å². The molecule has 0 unspecified atom stereocenters. The summed E-state index contributed by atoms with van der Waals surface area (Å²) in [5.74, 6) is -0.967. The van der Waals surface area contributed by atoms with Crippen LogP contribution >= 0.6 is 0 Å². The summed E-state index contributed by atoms with van der Waals surface area (Å²) in [5, 5.41) is 0.448. The summed E-state index contributed by atoms with van der Waals surface area (Å²) in [7, 11) is 1.47. The molecule has 11 nitrogen and oxygen atoms in total. The molecule has 4 rings (SSSR count). The number of ether oxygens (including phenoxy) is 2. The second kappa shape index (κ2) is 9.08. The van der Waals surface area contributed by atoms with Crippen molar-refractivity contribution >= 4 is 28.7 Å². The third-order valence-corrected chi connectivity index (χ3v) is 5.36. The fourth-order valence-corrected chi connectivity index (χ4v) is 3.75. The van der Waals surface area contributed by atoms with Crippen molar-refractivity contribution in [2.75, 3.05) is 33.3 Å². The predicted octanol–water partition coefficient (Wildman–Crippen LogP) is 2.29. The molecule has 0 atom stereocenters. The summed E-state index contributed by atoms with van der Waals surface area (Å²) < 4.78 is 10.8. The molecule has 0 radical (unpaired) electrons. The third-order valence-electron chi connectivity index (χ3n) is 5.36. The smallest absolute Gasteiger partial charge is 0.410 e. The van der Waals surface area contributed by atoms with Crippen molar-refractivity contribution in [2.45, 2.75) is 26.4 Å². The van der Waals surface area contributed by atoms with E-state index < -0.39 is 23.4 Å². The molecule has 2 amide bonds. The Bertz CT molecular complexity index is 1230. The number of H-pyrrole nitrogens is 1. The second-order valence-corrected chi connectivity index (χ2v) is 8.81. The molecule has 1 fully saturated rings. The molecule has 1 saturated heterocycles. The molecule has 178 valence electrons. The number of Topliss-reactive ketones (excluding diaryl/α,β-unsaturated/α-hetero) is 1. The number of rotatable bonds is 4. The molecule has 1 aliphatic rings. The number of aromatic nitrogens is 4. The van der Waals surface area contributed by atoms with Gasteiger partial charge in [-0.1, -0.05) is 0 Å². The zero-order valence-corrected chi connectivity index (χ0v) is 19.5. The Balaban J connectivity index is 1.55. The Kier molecular flexibility index (Phi) is 6.18. The second-order valence-electron chi connectivity index (χ2n) is 8.81. The molecule has 0 aromatic carbocycles. The fraction of sp³-hybridized carbons (Fsp3) is 0.391. The number of methoxy groups -OCH3 is 1. The molecule has 0 saturated carbocycles. The van der Waals surface area contributed by atoms with Crippen LogP contribution in [0.2, 0.25) is 0 Å². The number of piperazine rings is 1. The number of pyridine rings is 1. The number of fused-ring (bicyclic) bond motifs is 1. The first-order valence-corrected chi connectivity index (χ1v) is 10.8. The van der Waals surface area contributed by atoms with E-state index in [1.807, 2.05) is 0 Å². The highest BCUT2D eigenvalue weighted by Gasteiger charge is 2.32. The highest BCUT2D eigenvalue weighted by atomic mass is 16.6. The van der Waals surface area contributed by atoms with Gasteiger partial charge in [-0.25, -0.2) is 9.78 Å². The van der Waals surface area contributed by atoms with E-state index in [1.54, 1.807) is 39.4 Å². The Morgan fingerprint density at radius 3 is 2.32 bits per heavy atom. The number of hydrogen-bond acceptors (Lipinski definition) is 8. The molecular weight excluding hydrogens is 440 g/mol. The van der Waals surface area contributed by atoms with Crippen LogP contribution in [-0.4, -0.2) is 86.4 Å². The summed E-state index contributed by atoms with van der Waals surface area (Å²) in [5.41, 5.74) is 1.10. The topological polar surface area (TPSA) is 131 Å². The Morgan fingerprint density at radius 2 is 1.71 bits per heavy atom. The van der Waals surface area contributed by atoms with Gasteiger partial charge in [0.25, 0.3) is 11.7 Å². The van der Waals surface area contributed by atoms with Crippen LogP contribution in [0.15, 0.2) is 31.0 Å². The molecule has 0 aliphatic carbocycles. The Hall–Kier alpha value is -4.02. The Labute approximate surface area is 196 Å². The SMILES string of the molecule is COc1cnc(-c2cnccn2)c2[nH]cc(C(=O)C(=O)N3CCN(C(=O)OC(C)(C)C)CC3)c12. The van der Waals surface area contributed by atoms with Gasteiger partial charge in [0.2, 0.25) is 0 Å². The van der Waals surface area contributed by atoms with E-state index in [2.05, 4.69) is 19.9 Å². The number of carbonyl (C=O) groups is 3. The average Bonchev–Trinajstić information content (AvgIpc) is 3.27. The lowest BCUT2D eigenvalue weighted by Crippen LogP contribution is -2.53. The van der Waals surface area contributed by atoms with E-state index in [-0.39, 0.29) is 31.7 Å². The minimum Gasteiger partial charge on any atom is -0.494 e. The Morgan fingerprint density at radius 1 is 1.00 bits per heavy atom. The van der Waals surface area contributed by atoms with E-state index in [0.717, 1.165) is 0 Å². The van der Waals surface area contributed by atoms with Crippen LogP contribution in [0.5, 0.6) is 5.75 Å². The minimum atomic E-state index is -0.674. The average molecular weight is 466 g/mol. The summed E-state index contributed by atoms with van der Waals surface area (Å²) in [6.07, 6.45) is 7.19. The summed E-state index contributed by atoms with van der Waals surface area (Å²) >= 11 is 0. The number of amides is 2. The number of nitrogens with one attached hydrogen (secondary N) is 1. The van der Waals surface area contributed by atoms with Crippen LogP contribution in [0.1, 0.15) is 31.1 Å². The fourth-order valence-electron chi connectivity index (χ4n) is 3.75. The summed E-state index contributed by atoms with van der Waals surface area (Å²) in [4.78, 5) is 57.3. The lowest BCUT2D eigenvalue weighted by Gasteiger charge is -2.35. The number of nitrogens with zero attached hydrogens (tertiary/aromatic N) is 5. The molecule has 0 bridgehead atoms. The predicted molar refractivity (Wildman–Crippen MR) is 122 cm³/mol. The van der Waals surface area contributed by atoms with Crippen LogP contribution < -0.4 is 4.74 Å². The largest absolute Gasteiger partial charge is 0.494 e. The number of hydrogen-bond donors (Lipinski definition) is 1. The van der Waals surface area contributed by atoms with Crippen molar-refractivity contribution in [1.29, 1.82) is 0 Å². The first kappa shape index (κ1) is 23.1. The molecule has 3 aromatic rings. The lowest BCUT2D eigenvalue weighted by molar-refractivity contribution is -0.128. The van der Waals surface area contributed by atoms with Crippen LogP contribution in [-0.2, 0) is 9.53 Å². The maximum absolute atomic E-state index is 13.2. The van der Waals surface area contributed by atoms with Crippen molar-refractivity contribution in [3.05, 3.63) is 36.5 Å². The maximum atomic E-state index is 13.2. The van der Waals surface area contributed by atoms with Crippen molar-refractivity contribution in [3.63, 3.8) is 0 Å². The van der Waals surface area contributed by atoms with Crippen molar-refractivity contribution in [2.24, 2.45) is 0 Å². The molecule has 3 aromatic heterocycles. The van der Waals surface area contributed by atoms with Gasteiger partial charge in [0, 0.05) is 44.8 Å². The van der Waals surface area contributed by atoms with Gasteiger partial charge < -0.3 is 24.3 Å². The number of carbonyl (C=O) groups excluding carboxylic acids is 3. The van der Waals surface area contributed by atoms with Crippen LogP contribution in [0.4, 0.5) is 4.79 Å². The van der Waals surface area contributed by atoms with Crippen LogP contribution in [0.25, 0.3) is 22.3 Å². The van der Waals surface area contributed by atoms with Gasteiger partial charge in [0.05, 0.1) is 36.0 Å². The van der Waals surface area contributed by atoms with Gasteiger partial charge in [-0.2, -0.15) is 0 Å². The standard InChI is InChI=1S/C23H26N6O5/c1-23(2,3)34-22(32)29-9-7-28(8-10-29)21(31)20(30)14-11-26-19-17(14)16(33-4)13-27-18(19)15-12-24-5-6-25-15/h5-6,11-13,26H,7-10H2,1-4H3. The first-order valence-electron chi connectivity index (χ1n) is 10.8. The van der Waals surface area contributed by atoms with Crippen molar-refractivity contribution < 1.29 is 23.9 Å². The van der Waals surface area contributed by atoms with Crippen LogP contribution in [0.3, 0.4) is 0 Å². The highest BCUT2D eigenvalue weighted by molar-refractivity contribution is 6.45. The van der Waals surface area contributed by atoms with Crippen molar-refractivity contribution in [3.8, 4) is 17.1 Å². The van der Waals surface area contributed by atoms with Gasteiger partial charge in [0.1, 0.15) is 22.7 Å². The van der Waals surface area contributed by atoms with Crippen LogP contribution in [0, 0.1) is 0 Å². The molecule has 1 N–H and O–H groups in total. The van der Waals surface area contributed by atoms with E-state index in [0.29, 0.717) is 28.0 Å². The number of ketones is 1. The molecule has 0 spiro atoms. The van der Waals surface area contributed by atoms with E-state index in [4.69, 9.17) is 9.47 Å². The highest BCUT2D eigenvalue weighted by Crippen LogP contribution is 2.34.